The average Bonchev–Trinajstić information content (AvgIpc) is 2.33. The molecule has 0 aliphatic carbocycles. The second kappa shape index (κ2) is 4.94. The van der Waals surface area contributed by atoms with Gasteiger partial charge in [-0.15, -0.1) is 0 Å². The molecule has 88 valence electrons. The smallest absolute Gasteiger partial charge is 0.143 e. The van der Waals surface area contributed by atoms with E-state index in [1.807, 2.05) is 6.92 Å². The monoisotopic (exact) mass is 295 g/mol. The lowest BCUT2D eigenvalue weighted by molar-refractivity contribution is 0.214. The van der Waals surface area contributed by atoms with Gasteiger partial charge in [0.25, 0.3) is 0 Å². The Morgan fingerprint density at radius 2 is 2.06 bits per heavy atom. The summed E-state index contributed by atoms with van der Waals surface area (Å²) in [6, 6.07) is 8.37. The van der Waals surface area contributed by atoms with Crippen molar-refractivity contribution in [2.75, 3.05) is 0 Å². The summed E-state index contributed by atoms with van der Waals surface area (Å²) in [6.07, 6.45) is 0.556. The van der Waals surface area contributed by atoms with Crippen molar-refractivity contribution in [3.8, 4) is 0 Å². The average molecular weight is 296 g/mol. The summed E-state index contributed by atoms with van der Waals surface area (Å²) in [5.74, 6) is -0.444. The van der Waals surface area contributed by atoms with Gasteiger partial charge in [-0.2, -0.15) is 0 Å². The Morgan fingerprint density at radius 3 is 2.71 bits per heavy atom. The SMILES string of the molecule is Cc1ccc(C(O)c2cccc(Br)c2F)cn1. The number of aromatic nitrogens is 1. The van der Waals surface area contributed by atoms with Gasteiger partial charge >= 0.3 is 0 Å². The highest BCUT2D eigenvalue weighted by atomic mass is 79.9. The van der Waals surface area contributed by atoms with Crippen LogP contribution in [0.4, 0.5) is 4.39 Å². The van der Waals surface area contributed by atoms with E-state index in [1.54, 1.807) is 36.5 Å². The maximum absolute atomic E-state index is 13.8. The maximum atomic E-state index is 13.8. The predicted molar refractivity (Wildman–Crippen MR) is 67.1 cm³/mol. The van der Waals surface area contributed by atoms with Gasteiger partial charge in [0.2, 0.25) is 0 Å². The van der Waals surface area contributed by atoms with Crippen molar-refractivity contribution < 1.29 is 9.50 Å². The van der Waals surface area contributed by atoms with Gasteiger partial charge < -0.3 is 5.11 Å². The van der Waals surface area contributed by atoms with E-state index in [1.165, 1.54) is 0 Å². The summed E-state index contributed by atoms with van der Waals surface area (Å²) >= 11 is 3.10. The standard InChI is InChI=1S/C13H11BrFNO/c1-8-5-6-9(7-16-8)13(17)10-3-2-4-11(14)12(10)15/h2-7,13,17H,1H3. The van der Waals surface area contributed by atoms with Crippen LogP contribution < -0.4 is 0 Å². The number of rotatable bonds is 2. The van der Waals surface area contributed by atoms with Crippen LogP contribution in [0.5, 0.6) is 0 Å². The fourth-order valence-corrected chi connectivity index (χ4v) is 1.93. The van der Waals surface area contributed by atoms with E-state index in [0.29, 0.717) is 10.0 Å². The molecular formula is C13H11BrFNO. The van der Waals surface area contributed by atoms with Crippen LogP contribution in [0.1, 0.15) is 22.9 Å². The summed E-state index contributed by atoms with van der Waals surface area (Å²) in [5, 5.41) is 10.1. The van der Waals surface area contributed by atoms with E-state index in [9.17, 15) is 9.50 Å². The van der Waals surface area contributed by atoms with Crippen molar-refractivity contribution in [3.63, 3.8) is 0 Å². The lowest BCUT2D eigenvalue weighted by Crippen LogP contribution is -2.03. The molecule has 0 spiro atoms. The number of hydrogen-bond donors (Lipinski definition) is 1. The quantitative estimate of drug-likeness (QED) is 0.921. The predicted octanol–water partition coefficient (Wildman–Crippen LogP) is 3.37. The molecule has 2 nitrogen and oxygen atoms in total. The second-order valence-corrected chi connectivity index (χ2v) is 4.63. The number of nitrogens with zero attached hydrogens (tertiary/aromatic N) is 1. The van der Waals surface area contributed by atoms with Gasteiger partial charge in [0, 0.05) is 23.0 Å². The Morgan fingerprint density at radius 1 is 1.29 bits per heavy atom. The fourth-order valence-electron chi connectivity index (χ4n) is 1.55. The lowest BCUT2D eigenvalue weighted by atomic mass is 10.0. The molecule has 0 saturated carbocycles. The first-order valence-corrected chi connectivity index (χ1v) is 5.93. The highest BCUT2D eigenvalue weighted by molar-refractivity contribution is 9.10. The molecule has 0 aliphatic heterocycles. The first-order valence-electron chi connectivity index (χ1n) is 5.14. The molecule has 2 rings (SSSR count). The van der Waals surface area contributed by atoms with Crippen LogP contribution in [0.3, 0.4) is 0 Å². The number of aliphatic hydroxyl groups is 1. The number of aliphatic hydroxyl groups excluding tert-OH is 1. The number of halogens is 2. The van der Waals surface area contributed by atoms with Crippen LogP contribution in [-0.4, -0.2) is 10.1 Å². The summed E-state index contributed by atoms with van der Waals surface area (Å²) in [4.78, 5) is 4.08. The maximum Gasteiger partial charge on any atom is 0.143 e. The fraction of sp³-hybridized carbons (Fsp3) is 0.154. The van der Waals surface area contributed by atoms with Gasteiger partial charge in [0.15, 0.2) is 0 Å². The molecule has 0 bridgehead atoms. The molecule has 2 aromatic rings. The van der Waals surface area contributed by atoms with Crippen molar-refractivity contribution in [2.45, 2.75) is 13.0 Å². The Bertz CT molecular complexity index is 527. The van der Waals surface area contributed by atoms with Crippen LogP contribution in [0, 0.1) is 12.7 Å². The zero-order chi connectivity index (χ0) is 12.4. The van der Waals surface area contributed by atoms with Crippen LogP contribution >= 0.6 is 15.9 Å². The van der Waals surface area contributed by atoms with Crippen LogP contribution in [0.15, 0.2) is 41.0 Å². The normalized spacial score (nSPS) is 12.5. The van der Waals surface area contributed by atoms with E-state index in [2.05, 4.69) is 20.9 Å². The number of pyridine rings is 1. The van der Waals surface area contributed by atoms with Gasteiger partial charge in [-0.3, -0.25) is 4.98 Å². The minimum absolute atomic E-state index is 0.241. The van der Waals surface area contributed by atoms with E-state index in [-0.39, 0.29) is 5.56 Å². The molecule has 1 N–H and O–H groups in total. The number of hydrogen-bond acceptors (Lipinski definition) is 2. The second-order valence-electron chi connectivity index (χ2n) is 3.78. The third-order valence-electron chi connectivity index (χ3n) is 2.53. The summed E-state index contributed by atoms with van der Waals surface area (Å²) < 4.78 is 14.1. The molecule has 1 aromatic heterocycles. The minimum atomic E-state index is -0.999. The van der Waals surface area contributed by atoms with Crippen molar-refractivity contribution in [1.82, 2.24) is 4.98 Å². The van der Waals surface area contributed by atoms with Gasteiger partial charge in [0.05, 0.1) is 4.47 Å². The largest absolute Gasteiger partial charge is 0.383 e. The van der Waals surface area contributed by atoms with Crippen molar-refractivity contribution in [2.24, 2.45) is 0 Å². The molecule has 1 atom stereocenters. The zero-order valence-corrected chi connectivity index (χ0v) is 10.8. The molecule has 0 aliphatic rings. The molecule has 0 amide bonds. The highest BCUT2D eigenvalue weighted by Gasteiger charge is 2.16. The molecule has 1 aromatic carbocycles. The summed E-state index contributed by atoms with van der Waals surface area (Å²) in [5.41, 5.74) is 1.67. The van der Waals surface area contributed by atoms with Crippen molar-refractivity contribution >= 4 is 15.9 Å². The lowest BCUT2D eigenvalue weighted by Gasteiger charge is -2.12. The summed E-state index contributed by atoms with van der Waals surface area (Å²) in [7, 11) is 0. The molecular weight excluding hydrogens is 285 g/mol. The van der Waals surface area contributed by atoms with Crippen LogP contribution in [-0.2, 0) is 0 Å². The zero-order valence-electron chi connectivity index (χ0n) is 9.19. The molecule has 0 fully saturated rings. The molecule has 1 heterocycles. The Labute approximate surface area is 107 Å². The van der Waals surface area contributed by atoms with Crippen molar-refractivity contribution in [3.05, 3.63) is 63.6 Å². The van der Waals surface area contributed by atoms with Gasteiger partial charge in [0.1, 0.15) is 11.9 Å². The molecule has 4 heteroatoms. The Hall–Kier alpha value is -1.26. The van der Waals surface area contributed by atoms with E-state index in [0.717, 1.165) is 5.69 Å². The molecule has 17 heavy (non-hydrogen) atoms. The molecule has 0 saturated heterocycles. The topological polar surface area (TPSA) is 33.1 Å². The Balaban J connectivity index is 2.40. The van der Waals surface area contributed by atoms with E-state index < -0.39 is 11.9 Å². The van der Waals surface area contributed by atoms with E-state index in [4.69, 9.17) is 0 Å². The summed E-state index contributed by atoms with van der Waals surface area (Å²) in [6.45, 7) is 1.86. The van der Waals surface area contributed by atoms with Gasteiger partial charge in [-0.1, -0.05) is 18.2 Å². The van der Waals surface area contributed by atoms with E-state index >= 15 is 0 Å². The van der Waals surface area contributed by atoms with Crippen LogP contribution in [0.2, 0.25) is 0 Å². The van der Waals surface area contributed by atoms with Crippen LogP contribution in [0.25, 0.3) is 0 Å². The highest BCUT2D eigenvalue weighted by Crippen LogP contribution is 2.27. The Kier molecular flexibility index (Phi) is 3.54. The third-order valence-corrected chi connectivity index (χ3v) is 3.14. The number of aryl methyl sites for hydroxylation is 1. The van der Waals surface area contributed by atoms with Crippen molar-refractivity contribution in [1.29, 1.82) is 0 Å². The minimum Gasteiger partial charge on any atom is -0.383 e. The number of benzene rings is 1. The van der Waals surface area contributed by atoms with Gasteiger partial charge in [-0.05, 0) is 35.0 Å². The third kappa shape index (κ3) is 2.53. The first kappa shape index (κ1) is 12.2. The molecule has 1 unspecified atom stereocenters. The van der Waals surface area contributed by atoms with Gasteiger partial charge in [-0.25, -0.2) is 4.39 Å². The molecule has 0 radical (unpaired) electrons. The first-order chi connectivity index (χ1) is 8.09.